The Balaban J connectivity index is 1.77. The molecule has 0 aliphatic carbocycles. The first-order valence-electron chi connectivity index (χ1n) is 10.0. The summed E-state index contributed by atoms with van der Waals surface area (Å²) in [5.41, 5.74) is 6.00. The fourth-order valence-electron chi connectivity index (χ4n) is 4.30. The standard InChI is InChI=1S/C23H27N5S/c1-15(2)28-22(21(26-23(28)29)20-9-5-6-11-25-20)19-12-16(3)27(17(19)4)14-18-8-7-10-24-13-18/h5-13,15,21-22H,14H2,1-4H3,(H,26,29)/t21-,22+/m0/s1. The molecular weight excluding hydrogens is 378 g/mol. The van der Waals surface area contributed by atoms with Gasteiger partial charge in [-0.2, -0.15) is 0 Å². The molecule has 5 nitrogen and oxygen atoms in total. The van der Waals surface area contributed by atoms with E-state index in [0.717, 1.165) is 17.4 Å². The molecule has 0 spiro atoms. The lowest BCUT2D eigenvalue weighted by Gasteiger charge is -2.31. The number of thiocarbonyl (C=S) groups is 1. The molecule has 0 radical (unpaired) electrons. The highest BCUT2D eigenvalue weighted by Crippen LogP contribution is 2.41. The Labute approximate surface area is 177 Å². The number of pyridine rings is 2. The minimum absolute atomic E-state index is 0.0263. The average molecular weight is 406 g/mol. The van der Waals surface area contributed by atoms with E-state index in [9.17, 15) is 0 Å². The van der Waals surface area contributed by atoms with Crippen molar-refractivity contribution in [2.24, 2.45) is 0 Å². The lowest BCUT2D eigenvalue weighted by Crippen LogP contribution is -2.35. The number of aromatic nitrogens is 3. The van der Waals surface area contributed by atoms with Gasteiger partial charge < -0.3 is 14.8 Å². The maximum absolute atomic E-state index is 5.73. The van der Waals surface area contributed by atoms with E-state index < -0.39 is 0 Å². The predicted octanol–water partition coefficient (Wildman–Crippen LogP) is 4.32. The molecule has 4 rings (SSSR count). The number of nitrogens with zero attached hydrogens (tertiary/aromatic N) is 4. The number of hydrogen-bond donors (Lipinski definition) is 1. The first-order valence-corrected chi connectivity index (χ1v) is 10.4. The van der Waals surface area contributed by atoms with Gasteiger partial charge >= 0.3 is 0 Å². The van der Waals surface area contributed by atoms with Gasteiger partial charge in [0.15, 0.2) is 5.11 Å². The SMILES string of the molecule is Cc1cc([C@@H]2[C@H](c3ccccn3)NC(=S)N2C(C)C)c(C)n1Cc1cccnc1. The molecule has 1 fully saturated rings. The number of rotatable bonds is 5. The molecule has 0 saturated carbocycles. The zero-order valence-electron chi connectivity index (χ0n) is 17.3. The highest BCUT2D eigenvalue weighted by atomic mass is 32.1. The number of aryl methyl sites for hydroxylation is 1. The van der Waals surface area contributed by atoms with Gasteiger partial charge in [-0.25, -0.2) is 0 Å². The fraction of sp³-hybridized carbons (Fsp3) is 0.348. The van der Waals surface area contributed by atoms with Crippen molar-refractivity contribution < 1.29 is 0 Å². The predicted molar refractivity (Wildman–Crippen MR) is 120 cm³/mol. The molecule has 2 atom stereocenters. The van der Waals surface area contributed by atoms with Crippen molar-refractivity contribution in [1.29, 1.82) is 0 Å². The molecule has 6 heteroatoms. The molecule has 0 bridgehead atoms. The molecule has 29 heavy (non-hydrogen) atoms. The molecule has 3 aromatic rings. The highest BCUT2D eigenvalue weighted by molar-refractivity contribution is 7.80. The summed E-state index contributed by atoms with van der Waals surface area (Å²) in [5, 5.41) is 4.32. The summed E-state index contributed by atoms with van der Waals surface area (Å²) in [7, 11) is 0. The second-order valence-corrected chi connectivity index (χ2v) is 8.29. The normalized spacial score (nSPS) is 19.1. The van der Waals surface area contributed by atoms with E-state index in [1.165, 1.54) is 22.5 Å². The van der Waals surface area contributed by atoms with Gasteiger partial charge in [-0.1, -0.05) is 12.1 Å². The van der Waals surface area contributed by atoms with E-state index in [0.29, 0.717) is 0 Å². The lowest BCUT2D eigenvalue weighted by molar-refractivity contribution is 0.268. The summed E-state index contributed by atoms with van der Waals surface area (Å²) in [6.45, 7) is 9.57. The molecule has 1 aliphatic heterocycles. The molecule has 1 N–H and O–H groups in total. The Bertz CT molecular complexity index is 997. The Morgan fingerprint density at radius 3 is 2.62 bits per heavy atom. The maximum atomic E-state index is 5.73. The topological polar surface area (TPSA) is 46.0 Å². The largest absolute Gasteiger partial charge is 0.352 e. The Kier molecular flexibility index (Phi) is 5.37. The van der Waals surface area contributed by atoms with Crippen LogP contribution in [0.25, 0.3) is 0 Å². The van der Waals surface area contributed by atoms with Gasteiger partial charge in [0.1, 0.15) is 0 Å². The van der Waals surface area contributed by atoms with E-state index in [1.807, 2.05) is 36.8 Å². The zero-order chi connectivity index (χ0) is 20.5. The summed E-state index contributed by atoms with van der Waals surface area (Å²) < 4.78 is 2.36. The van der Waals surface area contributed by atoms with Crippen LogP contribution in [0.5, 0.6) is 0 Å². The smallest absolute Gasteiger partial charge is 0.170 e. The van der Waals surface area contributed by atoms with Crippen LogP contribution >= 0.6 is 12.2 Å². The van der Waals surface area contributed by atoms with Crippen LogP contribution in [-0.4, -0.2) is 30.6 Å². The highest BCUT2D eigenvalue weighted by Gasteiger charge is 2.42. The van der Waals surface area contributed by atoms with Crippen molar-refractivity contribution in [2.45, 2.75) is 52.4 Å². The molecule has 0 unspecified atom stereocenters. The first-order chi connectivity index (χ1) is 14.0. The number of nitrogens with one attached hydrogen (secondary N) is 1. The molecule has 150 valence electrons. The molecule has 1 aliphatic rings. The molecule has 0 amide bonds. The van der Waals surface area contributed by atoms with E-state index in [-0.39, 0.29) is 18.1 Å². The first kappa shape index (κ1) is 19.6. The maximum Gasteiger partial charge on any atom is 0.170 e. The second-order valence-electron chi connectivity index (χ2n) is 7.90. The van der Waals surface area contributed by atoms with Crippen LogP contribution in [-0.2, 0) is 6.54 Å². The fourth-order valence-corrected chi connectivity index (χ4v) is 4.75. The van der Waals surface area contributed by atoms with E-state index >= 15 is 0 Å². The van der Waals surface area contributed by atoms with Gasteiger partial charge in [0.05, 0.1) is 17.8 Å². The minimum Gasteiger partial charge on any atom is -0.352 e. The zero-order valence-corrected chi connectivity index (χ0v) is 18.1. The Morgan fingerprint density at radius 1 is 1.14 bits per heavy atom. The summed E-state index contributed by atoms with van der Waals surface area (Å²) in [6, 6.07) is 12.9. The van der Waals surface area contributed by atoms with Gasteiger partial charge in [-0.3, -0.25) is 9.97 Å². The van der Waals surface area contributed by atoms with Crippen molar-refractivity contribution in [3.63, 3.8) is 0 Å². The van der Waals surface area contributed by atoms with E-state index in [2.05, 4.69) is 70.6 Å². The van der Waals surface area contributed by atoms with Crippen LogP contribution < -0.4 is 5.32 Å². The Hall–Kier alpha value is -2.73. The van der Waals surface area contributed by atoms with Crippen molar-refractivity contribution in [3.05, 3.63) is 83.2 Å². The van der Waals surface area contributed by atoms with Crippen LogP contribution in [0.2, 0.25) is 0 Å². The monoisotopic (exact) mass is 405 g/mol. The number of hydrogen-bond acceptors (Lipinski definition) is 3. The summed E-state index contributed by atoms with van der Waals surface area (Å²) in [5.74, 6) is 0. The molecule has 3 aromatic heterocycles. The van der Waals surface area contributed by atoms with Crippen LogP contribution in [0.3, 0.4) is 0 Å². The van der Waals surface area contributed by atoms with Crippen molar-refractivity contribution in [2.75, 3.05) is 0 Å². The van der Waals surface area contributed by atoms with Crippen molar-refractivity contribution >= 4 is 17.3 Å². The molecular formula is C23H27N5S. The minimum atomic E-state index is 0.0263. The third-order valence-corrected chi connectivity index (χ3v) is 6.02. The van der Waals surface area contributed by atoms with Gasteiger partial charge in [0, 0.05) is 42.6 Å². The molecule has 0 aromatic carbocycles. The summed E-state index contributed by atoms with van der Waals surface area (Å²) in [6.07, 6.45) is 5.59. The average Bonchev–Trinajstić information content (AvgIpc) is 3.20. The van der Waals surface area contributed by atoms with Crippen molar-refractivity contribution in [3.8, 4) is 0 Å². The quantitative estimate of drug-likeness (QED) is 0.641. The Morgan fingerprint density at radius 2 is 1.97 bits per heavy atom. The van der Waals surface area contributed by atoms with Crippen LogP contribution in [0.15, 0.2) is 55.0 Å². The van der Waals surface area contributed by atoms with Crippen LogP contribution in [0, 0.1) is 13.8 Å². The summed E-state index contributed by atoms with van der Waals surface area (Å²) >= 11 is 5.73. The third kappa shape index (κ3) is 3.65. The lowest BCUT2D eigenvalue weighted by atomic mass is 9.96. The van der Waals surface area contributed by atoms with Gasteiger partial charge in [0.25, 0.3) is 0 Å². The third-order valence-electron chi connectivity index (χ3n) is 5.69. The van der Waals surface area contributed by atoms with E-state index in [1.54, 1.807) is 0 Å². The van der Waals surface area contributed by atoms with Gasteiger partial charge in [-0.15, -0.1) is 0 Å². The molecule has 1 saturated heterocycles. The van der Waals surface area contributed by atoms with Crippen LogP contribution in [0.4, 0.5) is 0 Å². The van der Waals surface area contributed by atoms with Crippen molar-refractivity contribution in [1.82, 2.24) is 24.8 Å². The van der Waals surface area contributed by atoms with Gasteiger partial charge in [0.2, 0.25) is 0 Å². The van der Waals surface area contributed by atoms with Gasteiger partial charge in [-0.05, 0) is 75.3 Å². The second kappa shape index (κ2) is 7.95. The van der Waals surface area contributed by atoms with Crippen LogP contribution in [0.1, 0.15) is 54.1 Å². The summed E-state index contributed by atoms with van der Waals surface area (Å²) in [4.78, 5) is 11.2. The molecule has 4 heterocycles. The van der Waals surface area contributed by atoms with E-state index in [4.69, 9.17) is 12.2 Å².